The molecule has 2 rings (SSSR count). The Labute approximate surface area is 125 Å². The van der Waals surface area contributed by atoms with Gasteiger partial charge >= 0.3 is 0 Å². The van der Waals surface area contributed by atoms with Crippen molar-refractivity contribution in [2.45, 2.75) is 13.8 Å². The molecular formula is C15H21N5O. The van der Waals surface area contributed by atoms with Crippen LogP contribution in [0.3, 0.4) is 0 Å². The zero-order valence-corrected chi connectivity index (χ0v) is 13.1. The van der Waals surface area contributed by atoms with Gasteiger partial charge in [0.05, 0.1) is 7.11 Å². The van der Waals surface area contributed by atoms with Crippen LogP contribution in [0.25, 0.3) is 11.4 Å². The molecule has 0 fully saturated rings. The quantitative estimate of drug-likeness (QED) is 0.910. The highest BCUT2D eigenvalue weighted by Gasteiger charge is 2.12. The lowest BCUT2D eigenvalue weighted by Crippen LogP contribution is -2.16. The zero-order valence-electron chi connectivity index (χ0n) is 13.1. The third-order valence-corrected chi connectivity index (χ3v) is 3.03. The number of rotatable bonds is 5. The predicted octanol–water partition coefficient (Wildman–Crippen LogP) is 2.35. The van der Waals surface area contributed by atoms with Gasteiger partial charge in [-0.05, 0) is 37.6 Å². The highest BCUT2D eigenvalue weighted by atomic mass is 16.5. The van der Waals surface area contributed by atoms with Crippen LogP contribution in [0, 0.1) is 6.92 Å². The first kappa shape index (κ1) is 15.0. The van der Waals surface area contributed by atoms with Crippen LogP contribution in [0.15, 0.2) is 18.2 Å². The Balaban J connectivity index is 2.51. The van der Waals surface area contributed by atoms with Gasteiger partial charge in [0.1, 0.15) is 5.75 Å². The number of hydrogen-bond acceptors (Lipinski definition) is 6. The number of aromatic nitrogens is 3. The highest BCUT2D eigenvalue weighted by Crippen LogP contribution is 2.25. The third kappa shape index (κ3) is 3.39. The number of ether oxygens (including phenoxy) is 1. The molecule has 6 nitrogen and oxygen atoms in total. The normalized spacial score (nSPS) is 10.3. The van der Waals surface area contributed by atoms with E-state index in [9.17, 15) is 0 Å². The first-order chi connectivity index (χ1) is 10.0. The minimum absolute atomic E-state index is 0.585. The summed E-state index contributed by atoms with van der Waals surface area (Å²) in [5.74, 6) is 2.70. The molecule has 0 atom stereocenters. The Morgan fingerprint density at radius 3 is 2.52 bits per heavy atom. The lowest BCUT2D eigenvalue weighted by molar-refractivity contribution is 0.414. The summed E-state index contributed by atoms with van der Waals surface area (Å²) in [4.78, 5) is 15.3. The Morgan fingerprint density at radius 2 is 1.95 bits per heavy atom. The predicted molar refractivity (Wildman–Crippen MR) is 85.0 cm³/mol. The number of hydrogen-bond donors (Lipinski definition) is 1. The third-order valence-electron chi connectivity index (χ3n) is 3.03. The van der Waals surface area contributed by atoms with Crippen molar-refractivity contribution in [3.05, 3.63) is 23.8 Å². The molecule has 0 aliphatic carbocycles. The summed E-state index contributed by atoms with van der Waals surface area (Å²) in [5.41, 5.74) is 2.04. The second-order valence-corrected chi connectivity index (χ2v) is 4.89. The molecule has 1 heterocycles. The first-order valence-electron chi connectivity index (χ1n) is 6.87. The molecule has 0 amide bonds. The van der Waals surface area contributed by atoms with Gasteiger partial charge in [0, 0.05) is 26.2 Å². The number of nitrogens with one attached hydrogen (secondary N) is 1. The minimum Gasteiger partial charge on any atom is -0.497 e. The summed E-state index contributed by atoms with van der Waals surface area (Å²) < 4.78 is 5.24. The van der Waals surface area contributed by atoms with Crippen molar-refractivity contribution in [3.63, 3.8) is 0 Å². The van der Waals surface area contributed by atoms with E-state index >= 15 is 0 Å². The SMILES string of the molecule is CCNc1nc(-c2ccc(OC)cc2C)nc(N(C)C)n1. The van der Waals surface area contributed by atoms with Crippen molar-refractivity contribution in [3.8, 4) is 17.1 Å². The molecule has 6 heteroatoms. The molecule has 0 bridgehead atoms. The van der Waals surface area contributed by atoms with E-state index in [2.05, 4.69) is 20.3 Å². The average Bonchev–Trinajstić information content (AvgIpc) is 2.47. The molecule has 1 aromatic heterocycles. The second kappa shape index (κ2) is 6.39. The molecule has 0 saturated carbocycles. The van der Waals surface area contributed by atoms with E-state index in [-0.39, 0.29) is 0 Å². The Bertz CT molecular complexity index is 627. The van der Waals surface area contributed by atoms with Crippen LogP contribution in [0.1, 0.15) is 12.5 Å². The number of benzene rings is 1. The van der Waals surface area contributed by atoms with Gasteiger partial charge in [-0.2, -0.15) is 15.0 Å². The Morgan fingerprint density at radius 1 is 1.19 bits per heavy atom. The van der Waals surface area contributed by atoms with E-state index in [0.29, 0.717) is 17.7 Å². The van der Waals surface area contributed by atoms with E-state index in [1.54, 1.807) is 7.11 Å². The van der Waals surface area contributed by atoms with Crippen LogP contribution in [0.2, 0.25) is 0 Å². The number of anilines is 2. The minimum atomic E-state index is 0.585. The molecule has 112 valence electrons. The van der Waals surface area contributed by atoms with Crippen molar-refractivity contribution in [1.29, 1.82) is 0 Å². The Hall–Kier alpha value is -2.37. The van der Waals surface area contributed by atoms with Crippen LogP contribution in [0.4, 0.5) is 11.9 Å². The van der Waals surface area contributed by atoms with E-state index < -0.39 is 0 Å². The molecular weight excluding hydrogens is 266 g/mol. The topological polar surface area (TPSA) is 63.2 Å². The van der Waals surface area contributed by atoms with Crippen LogP contribution >= 0.6 is 0 Å². The van der Waals surface area contributed by atoms with Crippen molar-refractivity contribution in [2.75, 3.05) is 38.0 Å². The van der Waals surface area contributed by atoms with Crippen molar-refractivity contribution < 1.29 is 4.74 Å². The van der Waals surface area contributed by atoms with Gasteiger partial charge in [0.15, 0.2) is 5.82 Å². The van der Waals surface area contributed by atoms with Crippen molar-refractivity contribution in [2.24, 2.45) is 0 Å². The number of methoxy groups -OCH3 is 1. The molecule has 2 aromatic rings. The molecule has 0 aliphatic heterocycles. The maximum Gasteiger partial charge on any atom is 0.230 e. The van der Waals surface area contributed by atoms with Gasteiger partial charge in [-0.1, -0.05) is 0 Å². The summed E-state index contributed by atoms with van der Waals surface area (Å²) >= 11 is 0. The maximum atomic E-state index is 5.24. The molecule has 1 N–H and O–H groups in total. The van der Waals surface area contributed by atoms with Crippen LogP contribution in [-0.2, 0) is 0 Å². The van der Waals surface area contributed by atoms with Gasteiger partial charge in [0.2, 0.25) is 11.9 Å². The number of nitrogens with zero attached hydrogens (tertiary/aromatic N) is 4. The molecule has 0 saturated heterocycles. The largest absolute Gasteiger partial charge is 0.497 e. The molecule has 1 aromatic carbocycles. The summed E-state index contributed by atoms with van der Waals surface area (Å²) in [6, 6.07) is 5.86. The van der Waals surface area contributed by atoms with E-state index in [1.165, 1.54) is 0 Å². The summed E-state index contributed by atoms with van der Waals surface area (Å²) in [7, 11) is 5.48. The fourth-order valence-corrected chi connectivity index (χ4v) is 1.94. The van der Waals surface area contributed by atoms with Crippen LogP contribution in [0.5, 0.6) is 5.75 Å². The molecule has 0 aliphatic rings. The lowest BCUT2D eigenvalue weighted by atomic mass is 10.1. The Kier molecular flexibility index (Phi) is 4.57. The average molecular weight is 287 g/mol. The smallest absolute Gasteiger partial charge is 0.230 e. The van der Waals surface area contributed by atoms with Crippen LogP contribution < -0.4 is 15.0 Å². The molecule has 0 spiro atoms. The monoisotopic (exact) mass is 287 g/mol. The molecule has 0 unspecified atom stereocenters. The fraction of sp³-hybridized carbons (Fsp3) is 0.400. The summed E-state index contributed by atoms with van der Waals surface area (Å²) in [6.07, 6.45) is 0. The van der Waals surface area contributed by atoms with Crippen molar-refractivity contribution in [1.82, 2.24) is 15.0 Å². The highest BCUT2D eigenvalue weighted by molar-refractivity contribution is 5.63. The second-order valence-electron chi connectivity index (χ2n) is 4.89. The number of aryl methyl sites for hydroxylation is 1. The maximum absolute atomic E-state index is 5.24. The van der Waals surface area contributed by atoms with Crippen LogP contribution in [-0.4, -0.2) is 42.7 Å². The lowest BCUT2D eigenvalue weighted by Gasteiger charge is -2.14. The van der Waals surface area contributed by atoms with E-state index in [1.807, 2.05) is 51.0 Å². The van der Waals surface area contributed by atoms with Gasteiger partial charge in [-0.3, -0.25) is 0 Å². The van der Waals surface area contributed by atoms with Gasteiger partial charge in [-0.25, -0.2) is 0 Å². The van der Waals surface area contributed by atoms with E-state index in [0.717, 1.165) is 23.4 Å². The van der Waals surface area contributed by atoms with Gasteiger partial charge in [-0.15, -0.1) is 0 Å². The van der Waals surface area contributed by atoms with E-state index in [4.69, 9.17) is 4.74 Å². The summed E-state index contributed by atoms with van der Waals surface area (Å²) in [5, 5.41) is 3.14. The first-order valence-corrected chi connectivity index (χ1v) is 6.87. The zero-order chi connectivity index (χ0) is 15.4. The van der Waals surface area contributed by atoms with Gasteiger partial charge < -0.3 is 15.0 Å². The standard InChI is InChI=1S/C15H21N5O/c1-6-16-14-17-13(18-15(19-14)20(3)4)12-8-7-11(21-5)9-10(12)2/h7-9H,6H2,1-5H3,(H,16,17,18,19). The van der Waals surface area contributed by atoms with Crippen molar-refractivity contribution >= 4 is 11.9 Å². The summed E-state index contributed by atoms with van der Waals surface area (Å²) in [6.45, 7) is 4.79. The fourth-order valence-electron chi connectivity index (χ4n) is 1.94. The van der Waals surface area contributed by atoms with Gasteiger partial charge in [0.25, 0.3) is 0 Å². The molecule has 0 radical (unpaired) electrons. The molecule has 21 heavy (non-hydrogen) atoms.